The molecule has 0 amide bonds. The molecule has 1 unspecified atom stereocenters. The number of rotatable bonds is 4. The van der Waals surface area contributed by atoms with Gasteiger partial charge in [-0.15, -0.1) is 0 Å². The minimum atomic E-state index is -0.462. The van der Waals surface area contributed by atoms with E-state index in [1.807, 2.05) is 6.92 Å². The maximum atomic E-state index is 11.2. The van der Waals surface area contributed by atoms with Crippen molar-refractivity contribution in [2.45, 2.75) is 44.6 Å². The van der Waals surface area contributed by atoms with Gasteiger partial charge in [-0.05, 0) is 31.4 Å². The van der Waals surface area contributed by atoms with Crippen LogP contribution in [0.5, 0.6) is 11.5 Å². The van der Waals surface area contributed by atoms with Crippen molar-refractivity contribution in [3.8, 4) is 11.5 Å². The molecule has 0 spiro atoms. The Kier molecular flexibility index (Phi) is 3.69. The lowest BCUT2D eigenvalue weighted by molar-refractivity contribution is -0.386. The molecule has 3 rings (SSSR count). The number of nitro benzene ring substituents is 1. The molecule has 2 N–H and O–H groups in total. The molecule has 7 heteroatoms. The highest BCUT2D eigenvalue weighted by atomic mass is 16.6. The van der Waals surface area contributed by atoms with E-state index < -0.39 is 4.92 Å². The van der Waals surface area contributed by atoms with Crippen LogP contribution >= 0.6 is 0 Å². The molecule has 1 heterocycles. The summed E-state index contributed by atoms with van der Waals surface area (Å²) in [5, 5.41) is 11.2. The Morgan fingerprint density at radius 2 is 2.29 bits per heavy atom. The van der Waals surface area contributed by atoms with Crippen LogP contribution in [0.15, 0.2) is 12.1 Å². The lowest BCUT2D eigenvalue weighted by atomic mass is 9.90. The van der Waals surface area contributed by atoms with Crippen LogP contribution in [0.1, 0.15) is 25.3 Å². The van der Waals surface area contributed by atoms with Gasteiger partial charge in [-0.2, -0.15) is 0 Å². The van der Waals surface area contributed by atoms with Gasteiger partial charge >= 0.3 is 5.69 Å². The number of nitrogens with two attached hydrogens (primary N) is 1. The molecule has 1 aromatic rings. The molecule has 1 aliphatic carbocycles. The molecule has 114 valence electrons. The first-order valence-corrected chi connectivity index (χ1v) is 7.02. The normalized spacial score (nSPS) is 27.0. The largest absolute Gasteiger partial charge is 0.483 e. The van der Waals surface area contributed by atoms with Crippen LogP contribution in [0.2, 0.25) is 0 Å². The van der Waals surface area contributed by atoms with Gasteiger partial charge in [0.05, 0.1) is 17.6 Å². The van der Waals surface area contributed by atoms with Crippen molar-refractivity contribution in [2.75, 3.05) is 6.61 Å². The predicted octanol–water partition coefficient (Wildman–Crippen LogP) is 1.76. The second-order valence-corrected chi connectivity index (χ2v) is 5.53. The van der Waals surface area contributed by atoms with Crippen molar-refractivity contribution in [2.24, 2.45) is 5.73 Å². The number of benzene rings is 1. The Morgan fingerprint density at radius 1 is 1.48 bits per heavy atom. The maximum Gasteiger partial charge on any atom is 0.315 e. The number of nitro groups is 1. The average Bonchev–Trinajstić information content (AvgIpc) is 2.44. The van der Waals surface area contributed by atoms with Crippen molar-refractivity contribution in [3.63, 3.8) is 0 Å². The quantitative estimate of drug-likeness (QED) is 0.671. The van der Waals surface area contributed by atoms with Crippen LogP contribution in [-0.2, 0) is 11.3 Å². The molecular formula is C14H18N2O5. The second-order valence-electron chi connectivity index (χ2n) is 5.53. The van der Waals surface area contributed by atoms with Gasteiger partial charge in [-0.3, -0.25) is 10.1 Å². The Balaban J connectivity index is 1.82. The summed E-state index contributed by atoms with van der Waals surface area (Å²) in [7, 11) is 0. The van der Waals surface area contributed by atoms with Crippen LogP contribution in [0.25, 0.3) is 0 Å². The minimum absolute atomic E-state index is 0.0381. The molecule has 21 heavy (non-hydrogen) atoms. The fraction of sp³-hybridized carbons (Fsp3) is 0.571. The van der Waals surface area contributed by atoms with Crippen molar-refractivity contribution in [3.05, 3.63) is 27.8 Å². The summed E-state index contributed by atoms with van der Waals surface area (Å²) in [6, 6.07) is 3.28. The van der Waals surface area contributed by atoms with Crippen LogP contribution < -0.4 is 15.2 Å². The first-order valence-electron chi connectivity index (χ1n) is 7.02. The van der Waals surface area contributed by atoms with Crippen molar-refractivity contribution < 1.29 is 19.1 Å². The number of nitrogens with zero attached hydrogens (tertiary/aromatic N) is 1. The zero-order chi connectivity index (χ0) is 15.0. The van der Waals surface area contributed by atoms with Crippen LogP contribution in [-0.4, -0.2) is 29.8 Å². The molecule has 1 saturated carbocycles. The van der Waals surface area contributed by atoms with Gasteiger partial charge in [-0.1, -0.05) is 0 Å². The lowest BCUT2D eigenvalue weighted by Crippen LogP contribution is -2.45. The van der Waals surface area contributed by atoms with Gasteiger partial charge in [0.15, 0.2) is 5.75 Å². The Bertz CT molecular complexity index is 563. The number of hydrogen-bond acceptors (Lipinski definition) is 6. The van der Waals surface area contributed by atoms with E-state index in [9.17, 15) is 10.1 Å². The Morgan fingerprint density at radius 3 is 2.90 bits per heavy atom. The van der Waals surface area contributed by atoms with Gasteiger partial charge in [0.1, 0.15) is 12.7 Å². The molecule has 0 bridgehead atoms. The fourth-order valence-electron chi connectivity index (χ4n) is 2.45. The third-order valence-electron chi connectivity index (χ3n) is 3.81. The average molecular weight is 294 g/mol. The Labute approximate surface area is 122 Å². The zero-order valence-corrected chi connectivity index (χ0v) is 11.8. The third-order valence-corrected chi connectivity index (χ3v) is 3.81. The van der Waals surface area contributed by atoms with E-state index in [0.717, 1.165) is 12.8 Å². The molecule has 0 saturated heterocycles. The fourth-order valence-corrected chi connectivity index (χ4v) is 2.45. The van der Waals surface area contributed by atoms with E-state index in [1.54, 1.807) is 6.07 Å². The summed E-state index contributed by atoms with van der Waals surface area (Å²) >= 11 is 0. The first-order chi connectivity index (χ1) is 10.0. The first kappa shape index (κ1) is 14.1. The molecule has 1 aliphatic heterocycles. The molecule has 7 nitrogen and oxygen atoms in total. The maximum absolute atomic E-state index is 11.2. The van der Waals surface area contributed by atoms with E-state index in [1.165, 1.54) is 6.07 Å². The molecule has 0 aromatic heterocycles. The summed E-state index contributed by atoms with van der Waals surface area (Å²) in [6.45, 7) is 2.44. The van der Waals surface area contributed by atoms with E-state index in [4.69, 9.17) is 19.9 Å². The second kappa shape index (κ2) is 5.50. The summed E-state index contributed by atoms with van der Waals surface area (Å²) < 4.78 is 16.7. The highest BCUT2D eigenvalue weighted by Crippen LogP contribution is 2.41. The smallest absolute Gasteiger partial charge is 0.315 e. The van der Waals surface area contributed by atoms with Crippen molar-refractivity contribution >= 4 is 5.69 Å². The van der Waals surface area contributed by atoms with Gasteiger partial charge in [0.25, 0.3) is 0 Å². The van der Waals surface area contributed by atoms with Crippen LogP contribution in [0, 0.1) is 10.1 Å². The van der Waals surface area contributed by atoms with E-state index >= 15 is 0 Å². The van der Waals surface area contributed by atoms with Gasteiger partial charge < -0.3 is 19.9 Å². The summed E-state index contributed by atoms with van der Waals surface area (Å²) in [5.74, 6) is 0.599. The topological polar surface area (TPSA) is 96.9 Å². The lowest BCUT2D eigenvalue weighted by Gasteiger charge is -2.33. The van der Waals surface area contributed by atoms with Crippen LogP contribution in [0.4, 0.5) is 5.69 Å². The predicted molar refractivity (Wildman–Crippen MR) is 74.5 cm³/mol. The monoisotopic (exact) mass is 294 g/mol. The van der Waals surface area contributed by atoms with Gasteiger partial charge in [0, 0.05) is 12.1 Å². The summed E-state index contributed by atoms with van der Waals surface area (Å²) in [6.07, 6.45) is 1.80. The number of hydrogen-bond donors (Lipinski definition) is 1. The molecule has 3 atom stereocenters. The third kappa shape index (κ3) is 2.79. The van der Waals surface area contributed by atoms with Gasteiger partial charge in [-0.25, -0.2) is 0 Å². The highest BCUT2D eigenvalue weighted by molar-refractivity contribution is 5.58. The molecule has 1 fully saturated rings. The summed E-state index contributed by atoms with van der Waals surface area (Å²) in [4.78, 5) is 10.7. The SMILES string of the molecule is CC1COc2c(cc(CO[C@@H]3CC[C@H]3N)cc2[N+](=O)[O-])O1. The minimum Gasteiger partial charge on any atom is -0.483 e. The Hall–Kier alpha value is -1.86. The van der Waals surface area contributed by atoms with E-state index in [-0.39, 0.29) is 36.3 Å². The van der Waals surface area contributed by atoms with E-state index in [2.05, 4.69) is 0 Å². The van der Waals surface area contributed by atoms with Crippen LogP contribution in [0.3, 0.4) is 0 Å². The van der Waals surface area contributed by atoms with Gasteiger partial charge in [0.2, 0.25) is 5.75 Å². The van der Waals surface area contributed by atoms with Crippen molar-refractivity contribution in [1.29, 1.82) is 0 Å². The number of ether oxygens (including phenoxy) is 3. The van der Waals surface area contributed by atoms with E-state index in [0.29, 0.717) is 17.9 Å². The highest BCUT2D eigenvalue weighted by Gasteiger charge is 2.30. The molecule has 2 aliphatic rings. The molecular weight excluding hydrogens is 276 g/mol. The zero-order valence-electron chi connectivity index (χ0n) is 11.8. The number of fused-ring (bicyclic) bond motifs is 1. The van der Waals surface area contributed by atoms with Crippen molar-refractivity contribution in [1.82, 2.24) is 0 Å². The summed E-state index contributed by atoms with van der Waals surface area (Å²) in [5.41, 5.74) is 6.42. The molecule has 0 radical (unpaired) electrons. The standard InChI is InChI=1S/C14H18N2O5/c1-8-6-20-14-11(16(17)18)4-9(5-13(14)21-8)7-19-12-3-2-10(12)15/h4-5,8,10,12H,2-3,6-7,15H2,1H3/t8?,10-,12-/m1/s1. The molecule has 1 aromatic carbocycles.